The highest BCUT2D eigenvalue weighted by Gasteiger charge is 2.20. The van der Waals surface area contributed by atoms with Crippen LogP contribution in [0.4, 0.5) is 8.78 Å². The molecule has 4 heteroatoms. The van der Waals surface area contributed by atoms with Crippen molar-refractivity contribution < 1.29 is 13.5 Å². The van der Waals surface area contributed by atoms with Crippen LogP contribution in [0.5, 0.6) is 5.75 Å². The van der Waals surface area contributed by atoms with Crippen molar-refractivity contribution >= 4 is 0 Å². The van der Waals surface area contributed by atoms with Crippen molar-refractivity contribution in [2.75, 3.05) is 6.54 Å². The van der Waals surface area contributed by atoms with Gasteiger partial charge in [0.1, 0.15) is 11.9 Å². The van der Waals surface area contributed by atoms with Gasteiger partial charge < -0.3 is 10.1 Å². The highest BCUT2D eigenvalue weighted by Crippen LogP contribution is 2.22. The Labute approximate surface area is 93.6 Å². The van der Waals surface area contributed by atoms with Crippen LogP contribution < -0.4 is 10.1 Å². The Bertz CT molecular complexity index is 370. The maximum atomic E-state index is 13.3. The number of halogens is 2. The van der Waals surface area contributed by atoms with E-state index < -0.39 is 11.6 Å². The molecule has 0 radical (unpaired) electrons. The average molecular weight is 227 g/mol. The molecule has 0 spiro atoms. The van der Waals surface area contributed by atoms with Crippen molar-refractivity contribution in [2.45, 2.75) is 31.9 Å². The molecule has 0 aromatic heterocycles. The lowest BCUT2D eigenvalue weighted by Crippen LogP contribution is -2.40. The van der Waals surface area contributed by atoms with E-state index in [1.807, 2.05) is 0 Å². The van der Waals surface area contributed by atoms with Gasteiger partial charge in [-0.25, -0.2) is 8.78 Å². The summed E-state index contributed by atoms with van der Waals surface area (Å²) < 4.78 is 31.5. The summed E-state index contributed by atoms with van der Waals surface area (Å²) in [5.74, 6) is -1.07. The van der Waals surface area contributed by atoms with Crippen molar-refractivity contribution in [3.63, 3.8) is 0 Å². The number of benzene rings is 1. The Morgan fingerprint density at radius 1 is 1.38 bits per heavy atom. The summed E-state index contributed by atoms with van der Waals surface area (Å²) in [6.07, 6.45) is 1.70. The minimum absolute atomic E-state index is 0.0104. The molecule has 1 aliphatic heterocycles. The summed E-state index contributed by atoms with van der Waals surface area (Å²) >= 11 is 0. The number of hydrogen-bond donors (Lipinski definition) is 1. The second kappa shape index (κ2) is 4.78. The molecule has 0 bridgehead atoms. The smallest absolute Gasteiger partial charge is 0.167 e. The fourth-order valence-electron chi connectivity index (χ4n) is 1.94. The van der Waals surface area contributed by atoms with Crippen molar-refractivity contribution in [1.82, 2.24) is 5.32 Å². The van der Waals surface area contributed by atoms with Crippen molar-refractivity contribution in [3.05, 3.63) is 29.8 Å². The second-order valence-electron chi connectivity index (χ2n) is 4.19. The molecule has 1 aromatic rings. The summed E-state index contributed by atoms with van der Waals surface area (Å²) in [5, 5.41) is 3.29. The molecule has 0 amide bonds. The number of piperidine rings is 1. The standard InChI is InChI=1S/C12H15F2NO/c1-8-6-10(4-5-15-8)16-12-3-2-9(13)7-11(12)14/h2-3,7-8,10,15H,4-6H2,1H3. The van der Waals surface area contributed by atoms with E-state index in [1.165, 1.54) is 12.1 Å². The molecule has 1 saturated heterocycles. The molecular formula is C12H15F2NO. The van der Waals surface area contributed by atoms with Gasteiger partial charge in [-0.05, 0) is 38.4 Å². The number of nitrogens with one attached hydrogen (secondary N) is 1. The van der Waals surface area contributed by atoms with E-state index in [0.29, 0.717) is 6.04 Å². The molecule has 1 aromatic carbocycles. The van der Waals surface area contributed by atoms with Gasteiger partial charge in [0.2, 0.25) is 0 Å². The summed E-state index contributed by atoms with van der Waals surface area (Å²) in [6.45, 7) is 2.94. The maximum Gasteiger partial charge on any atom is 0.167 e. The molecule has 2 unspecified atom stereocenters. The van der Waals surface area contributed by atoms with Crippen LogP contribution in [0.15, 0.2) is 18.2 Å². The van der Waals surface area contributed by atoms with Gasteiger partial charge >= 0.3 is 0 Å². The van der Waals surface area contributed by atoms with Gasteiger partial charge in [0, 0.05) is 12.1 Å². The lowest BCUT2D eigenvalue weighted by atomic mass is 10.0. The quantitative estimate of drug-likeness (QED) is 0.838. The van der Waals surface area contributed by atoms with Gasteiger partial charge in [-0.3, -0.25) is 0 Å². The van der Waals surface area contributed by atoms with E-state index >= 15 is 0 Å². The highest BCUT2D eigenvalue weighted by atomic mass is 19.1. The highest BCUT2D eigenvalue weighted by molar-refractivity contribution is 5.25. The average Bonchev–Trinajstić information content (AvgIpc) is 2.22. The topological polar surface area (TPSA) is 21.3 Å². The van der Waals surface area contributed by atoms with Crippen LogP contribution in [0.1, 0.15) is 19.8 Å². The lowest BCUT2D eigenvalue weighted by molar-refractivity contribution is 0.138. The molecule has 1 aliphatic rings. The van der Waals surface area contributed by atoms with Crippen LogP contribution in [0.3, 0.4) is 0 Å². The molecule has 2 atom stereocenters. The monoisotopic (exact) mass is 227 g/mol. The van der Waals surface area contributed by atoms with Crippen LogP contribution in [0, 0.1) is 11.6 Å². The molecule has 1 fully saturated rings. The summed E-state index contributed by atoms with van der Waals surface area (Å²) in [7, 11) is 0. The Kier molecular flexibility index (Phi) is 3.39. The van der Waals surface area contributed by atoms with Crippen LogP contribution in [0.2, 0.25) is 0 Å². The molecule has 2 nitrogen and oxygen atoms in total. The van der Waals surface area contributed by atoms with E-state index in [2.05, 4.69) is 12.2 Å². The molecular weight excluding hydrogens is 212 g/mol. The number of rotatable bonds is 2. The molecule has 1 heterocycles. The fraction of sp³-hybridized carbons (Fsp3) is 0.500. The van der Waals surface area contributed by atoms with E-state index in [1.54, 1.807) is 0 Å². The fourth-order valence-corrected chi connectivity index (χ4v) is 1.94. The third-order valence-electron chi connectivity index (χ3n) is 2.76. The predicted molar refractivity (Wildman–Crippen MR) is 57.5 cm³/mol. The molecule has 0 saturated carbocycles. The molecule has 88 valence electrons. The summed E-state index contributed by atoms with van der Waals surface area (Å²) in [6, 6.07) is 3.78. The molecule has 1 N–H and O–H groups in total. The van der Waals surface area contributed by atoms with Crippen molar-refractivity contribution in [2.24, 2.45) is 0 Å². The van der Waals surface area contributed by atoms with Crippen LogP contribution in [-0.2, 0) is 0 Å². The van der Waals surface area contributed by atoms with Gasteiger partial charge in [0.15, 0.2) is 11.6 Å². The predicted octanol–water partition coefficient (Wildman–Crippen LogP) is 2.48. The summed E-state index contributed by atoms with van der Waals surface area (Å²) in [5.41, 5.74) is 0. The first-order valence-electron chi connectivity index (χ1n) is 5.50. The Balaban J connectivity index is 2.02. The number of hydrogen-bond acceptors (Lipinski definition) is 2. The maximum absolute atomic E-state index is 13.3. The third kappa shape index (κ3) is 2.70. The Morgan fingerprint density at radius 2 is 2.19 bits per heavy atom. The minimum Gasteiger partial charge on any atom is -0.487 e. The second-order valence-corrected chi connectivity index (χ2v) is 4.19. The first-order chi connectivity index (χ1) is 7.65. The third-order valence-corrected chi connectivity index (χ3v) is 2.76. The lowest BCUT2D eigenvalue weighted by Gasteiger charge is -2.28. The van der Waals surface area contributed by atoms with E-state index in [4.69, 9.17) is 4.74 Å². The van der Waals surface area contributed by atoms with E-state index in [-0.39, 0.29) is 11.9 Å². The van der Waals surface area contributed by atoms with Crippen LogP contribution in [-0.4, -0.2) is 18.7 Å². The van der Waals surface area contributed by atoms with Gasteiger partial charge in [-0.1, -0.05) is 0 Å². The van der Waals surface area contributed by atoms with E-state index in [0.717, 1.165) is 25.5 Å². The van der Waals surface area contributed by atoms with Gasteiger partial charge in [-0.2, -0.15) is 0 Å². The largest absolute Gasteiger partial charge is 0.487 e. The zero-order chi connectivity index (χ0) is 11.5. The Morgan fingerprint density at radius 3 is 2.88 bits per heavy atom. The zero-order valence-corrected chi connectivity index (χ0v) is 9.17. The molecule has 0 aliphatic carbocycles. The Hall–Kier alpha value is -1.16. The number of ether oxygens (including phenoxy) is 1. The normalized spacial score (nSPS) is 25.4. The first-order valence-corrected chi connectivity index (χ1v) is 5.50. The zero-order valence-electron chi connectivity index (χ0n) is 9.17. The van der Waals surface area contributed by atoms with Gasteiger partial charge in [-0.15, -0.1) is 0 Å². The van der Waals surface area contributed by atoms with Gasteiger partial charge in [0.25, 0.3) is 0 Å². The summed E-state index contributed by atoms with van der Waals surface area (Å²) in [4.78, 5) is 0. The first kappa shape index (κ1) is 11.3. The van der Waals surface area contributed by atoms with E-state index in [9.17, 15) is 8.78 Å². The van der Waals surface area contributed by atoms with Crippen molar-refractivity contribution in [1.29, 1.82) is 0 Å². The molecule has 2 rings (SSSR count). The minimum atomic E-state index is -0.633. The van der Waals surface area contributed by atoms with Gasteiger partial charge in [0.05, 0.1) is 0 Å². The molecule has 16 heavy (non-hydrogen) atoms. The van der Waals surface area contributed by atoms with Crippen LogP contribution in [0.25, 0.3) is 0 Å². The SMILES string of the molecule is CC1CC(Oc2ccc(F)cc2F)CCN1. The van der Waals surface area contributed by atoms with Crippen LogP contribution >= 0.6 is 0 Å². The van der Waals surface area contributed by atoms with Crippen molar-refractivity contribution in [3.8, 4) is 5.75 Å².